The molecule has 0 aromatic heterocycles. The molecule has 0 bridgehead atoms. The summed E-state index contributed by atoms with van der Waals surface area (Å²) in [5.41, 5.74) is 1.43. The van der Waals surface area contributed by atoms with Crippen molar-refractivity contribution in [2.75, 3.05) is 5.75 Å². The van der Waals surface area contributed by atoms with Gasteiger partial charge < -0.3 is 0 Å². The lowest BCUT2D eigenvalue weighted by Crippen LogP contribution is -2.20. The predicted octanol–water partition coefficient (Wildman–Crippen LogP) is 1.26. The summed E-state index contributed by atoms with van der Waals surface area (Å²) in [6, 6.07) is 8.60. The van der Waals surface area contributed by atoms with Crippen molar-refractivity contribution in [3.8, 4) is 0 Å². The first-order chi connectivity index (χ1) is 5.95. The molecule has 0 amide bonds. The van der Waals surface area contributed by atoms with E-state index in [1.165, 1.54) is 20.9 Å². The molecule has 0 saturated carbocycles. The van der Waals surface area contributed by atoms with Gasteiger partial charge in [-0.2, -0.15) is 0 Å². The van der Waals surface area contributed by atoms with E-state index >= 15 is 0 Å². The molecule has 0 saturated heterocycles. The zero-order valence-electron chi connectivity index (χ0n) is 6.58. The van der Waals surface area contributed by atoms with Gasteiger partial charge in [0, 0.05) is 10.7 Å². The maximum atomic E-state index is 2.31. The van der Waals surface area contributed by atoms with Gasteiger partial charge in [-0.25, -0.2) is 0 Å². The second kappa shape index (κ2) is 2.27. The Morgan fingerprint density at radius 1 is 1.17 bits per heavy atom. The molecule has 1 aromatic rings. The van der Waals surface area contributed by atoms with Crippen LogP contribution in [0.2, 0.25) is 0 Å². The Morgan fingerprint density at radius 3 is 3.08 bits per heavy atom. The van der Waals surface area contributed by atoms with Crippen molar-refractivity contribution in [1.29, 1.82) is 0 Å². The van der Waals surface area contributed by atoms with E-state index in [0.717, 1.165) is 5.75 Å². The number of fused-ring (bicyclic) bond motifs is 2. The van der Waals surface area contributed by atoms with Gasteiger partial charge >= 0.3 is 0 Å². The highest BCUT2D eigenvalue weighted by molar-refractivity contribution is 8.08. The van der Waals surface area contributed by atoms with Gasteiger partial charge in [0.25, 0.3) is 0 Å². The monoisotopic (exact) mass is 172 g/mol. The number of thioether (sulfide) groups is 1. The molecule has 1 heteroatoms. The van der Waals surface area contributed by atoms with Crippen LogP contribution < -0.4 is 10.4 Å². The van der Waals surface area contributed by atoms with Gasteiger partial charge in [-0.05, 0) is 22.1 Å². The van der Waals surface area contributed by atoms with Gasteiger partial charge in [-0.15, -0.1) is 11.8 Å². The molecule has 0 unspecified atom stereocenters. The zero-order valence-corrected chi connectivity index (χ0v) is 7.40. The minimum absolute atomic E-state index is 1.15. The van der Waals surface area contributed by atoms with Crippen LogP contribution in [0.4, 0.5) is 0 Å². The van der Waals surface area contributed by atoms with Crippen LogP contribution in [0.25, 0.3) is 11.0 Å². The average molecular weight is 172 g/mol. The molecule has 1 aromatic carbocycles. The molecule has 2 aliphatic rings. The smallest absolute Gasteiger partial charge is 0.0223 e. The third-order valence-corrected chi connectivity index (χ3v) is 3.39. The van der Waals surface area contributed by atoms with Gasteiger partial charge in [-0.1, -0.05) is 30.3 Å². The second-order valence-electron chi connectivity index (χ2n) is 3.03. The van der Waals surface area contributed by atoms with Crippen LogP contribution in [0, 0.1) is 0 Å². The lowest BCUT2D eigenvalue weighted by molar-refractivity contribution is 1.54. The third kappa shape index (κ3) is 0.745. The summed E-state index contributed by atoms with van der Waals surface area (Å²) in [4.78, 5) is 1.48. The average Bonchev–Trinajstić information content (AvgIpc) is 2.62. The molecular weight excluding hydrogens is 164 g/mol. The lowest BCUT2D eigenvalue weighted by atomic mass is 10.3. The SMILES string of the molecule is C1=C2C=c3ccccc3=C2SC1. The van der Waals surface area contributed by atoms with Crippen molar-refractivity contribution in [1.82, 2.24) is 0 Å². The van der Waals surface area contributed by atoms with Gasteiger partial charge in [-0.3, -0.25) is 0 Å². The molecule has 3 rings (SSSR count). The van der Waals surface area contributed by atoms with Gasteiger partial charge in [0.2, 0.25) is 0 Å². The van der Waals surface area contributed by atoms with Crippen molar-refractivity contribution in [2.24, 2.45) is 0 Å². The van der Waals surface area contributed by atoms with Crippen LogP contribution in [0.5, 0.6) is 0 Å². The maximum absolute atomic E-state index is 2.31. The van der Waals surface area contributed by atoms with E-state index in [1.807, 2.05) is 11.8 Å². The molecule has 58 valence electrons. The Balaban J connectivity index is 2.52. The molecule has 0 spiro atoms. The van der Waals surface area contributed by atoms with E-state index in [0.29, 0.717) is 0 Å². The summed E-state index contributed by atoms with van der Waals surface area (Å²) in [7, 11) is 0. The Labute approximate surface area is 75.3 Å². The van der Waals surface area contributed by atoms with E-state index in [2.05, 4.69) is 36.4 Å². The maximum Gasteiger partial charge on any atom is 0.0223 e. The first-order valence-corrected chi connectivity index (χ1v) is 5.08. The second-order valence-corrected chi connectivity index (χ2v) is 4.06. The Hall–Kier alpha value is -0.950. The minimum Gasteiger partial charge on any atom is -0.121 e. The summed E-state index contributed by atoms with van der Waals surface area (Å²) in [5.74, 6) is 1.15. The molecule has 0 nitrogen and oxygen atoms in total. The van der Waals surface area contributed by atoms with Crippen molar-refractivity contribution in [2.45, 2.75) is 0 Å². The quantitative estimate of drug-likeness (QED) is 0.568. The summed E-state index contributed by atoms with van der Waals surface area (Å²) in [6.45, 7) is 0. The van der Waals surface area contributed by atoms with Crippen LogP contribution in [-0.4, -0.2) is 5.75 Å². The van der Waals surface area contributed by atoms with Crippen molar-refractivity contribution in [3.63, 3.8) is 0 Å². The first kappa shape index (κ1) is 6.55. The Kier molecular flexibility index (Phi) is 1.24. The highest BCUT2D eigenvalue weighted by Gasteiger charge is 2.14. The molecule has 1 aliphatic carbocycles. The number of hydrogen-bond acceptors (Lipinski definition) is 1. The van der Waals surface area contributed by atoms with E-state index in [1.54, 1.807) is 0 Å². The predicted molar refractivity (Wildman–Crippen MR) is 54.1 cm³/mol. The third-order valence-electron chi connectivity index (χ3n) is 2.31. The normalized spacial score (nSPS) is 18.3. The van der Waals surface area contributed by atoms with Crippen molar-refractivity contribution < 1.29 is 0 Å². The Morgan fingerprint density at radius 2 is 2.08 bits per heavy atom. The van der Waals surface area contributed by atoms with Gasteiger partial charge in [0.05, 0.1) is 0 Å². The van der Waals surface area contributed by atoms with E-state index < -0.39 is 0 Å². The van der Waals surface area contributed by atoms with E-state index in [9.17, 15) is 0 Å². The summed E-state index contributed by atoms with van der Waals surface area (Å²) >= 11 is 1.95. The molecule has 0 N–H and O–H groups in total. The van der Waals surface area contributed by atoms with Crippen LogP contribution in [0.1, 0.15) is 0 Å². The van der Waals surface area contributed by atoms with Crippen LogP contribution in [-0.2, 0) is 0 Å². The molecule has 0 fully saturated rings. The Bertz CT molecular complexity index is 480. The number of rotatable bonds is 0. The fourth-order valence-corrected chi connectivity index (χ4v) is 2.83. The van der Waals surface area contributed by atoms with Gasteiger partial charge in [0.1, 0.15) is 0 Å². The fourth-order valence-electron chi connectivity index (χ4n) is 1.75. The topological polar surface area (TPSA) is 0 Å². The van der Waals surface area contributed by atoms with E-state index in [-0.39, 0.29) is 0 Å². The summed E-state index contributed by atoms with van der Waals surface area (Å²) < 4.78 is 0. The summed E-state index contributed by atoms with van der Waals surface area (Å²) in [5, 5.41) is 2.80. The highest BCUT2D eigenvalue weighted by atomic mass is 32.2. The number of benzene rings is 1. The van der Waals surface area contributed by atoms with E-state index in [4.69, 9.17) is 0 Å². The number of hydrogen-bond donors (Lipinski definition) is 0. The fraction of sp³-hybridized carbons (Fsp3) is 0.0909. The van der Waals surface area contributed by atoms with Crippen molar-refractivity contribution >= 4 is 22.7 Å². The largest absolute Gasteiger partial charge is 0.121 e. The van der Waals surface area contributed by atoms with Crippen LogP contribution >= 0.6 is 11.8 Å². The van der Waals surface area contributed by atoms with Gasteiger partial charge in [0.15, 0.2) is 0 Å². The first-order valence-electron chi connectivity index (χ1n) is 4.09. The van der Waals surface area contributed by atoms with Crippen LogP contribution in [0.15, 0.2) is 35.9 Å². The lowest BCUT2D eigenvalue weighted by Gasteiger charge is -1.91. The molecular formula is C11H8S. The molecule has 12 heavy (non-hydrogen) atoms. The standard InChI is InChI=1S/C11H8S/c1-2-4-10-8(3-1)7-9-5-6-12-11(9)10/h1-5,7H,6H2. The molecule has 1 aliphatic heterocycles. The molecule has 1 heterocycles. The van der Waals surface area contributed by atoms with Crippen molar-refractivity contribution in [3.05, 3.63) is 46.4 Å². The molecule has 0 radical (unpaired) electrons. The highest BCUT2D eigenvalue weighted by Crippen LogP contribution is 2.33. The minimum atomic E-state index is 1.15. The molecule has 0 atom stereocenters. The zero-order chi connectivity index (χ0) is 7.97. The summed E-state index contributed by atoms with van der Waals surface area (Å²) in [6.07, 6.45) is 4.59. The van der Waals surface area contributed by atoms with Crippen LogP contribution in [0.3, 0.4) is 0 Å².